The molecule has 2 fully saturated rings. The zero-order chi connectivity index (χ0) is 18.0. The summed E-state index contributed by atoms with van der Waals surface area (Å²) in [6.07, 6.45) is 7.36. The number of carbonyl (C=O) groups is 1. The topological polar surface area (TPSA) is 53.0 Å². The maximum absolute atomic E-state index is 13.0. The van der Waals surface area contributed by atoms with Gasteiger partial charge in [-0.1, -0.05) is 25.3 Å². The van der Waals surface area contributed by atoms with Gasteiger partial charge in [0.2, 0.25) is 0 Å². The fraction of sp³-hybridized carbons (Fsp3) is 0.474. The van der Waals surface area contributed by atoms with Crippen molar-refractivity contribution in [2.45, 2.75) is 45.1 Å². The number of benzene rings is 1. The van der Waals surface area contributed by atoms with Gasteiger partial charge in [0.1, 0.15) is 5.70 Å². The van der Waals surface area contributed by atoms with Gasteiger partial charge in [-0.05, 0) is 55.8 Å². The minimum Gasteiger partial charge on any atom is -0.504 e. The van der Waals surface area contributed by atoms with Crippen molar-refractivity contribution in [2.75, 3.05) is 13.7 Å². The third-order valence-electron chi connectivity index (χ3n) is 4.82. The van der Waals surface area contributed by atoms with E-state index in [1.165, 1.54) is 6.42 Å². The number of likely N-dealkylation sites (N-methyl/N-ethyl adjacent to an activating group) is 1. The number of nitrogens with zero attached hydrogens (tertiary/aromatic N) is 2. The van der Waals surface area contributed by atoms with E-state index in [1.807, 2.05) is 14.0 Å². The second-order valence-electron chi connectivity index (χ2n) is 6.50. The first-order valence-corrected chi connectivity index (χ1v) is 9.22. The standard InChI is InChI=1S/C19H24N2O3S/c1-3-24-17-12-13(9-10-16(17)22)11-15-18(23)21(19(25)20(15)2)14-7-5-4-6-8-14/h9-12,14,22H,3-8H2,1-2H3/b15-11-. The summed E-state index contributed by atoms with van der Waals surface area (Å²) in [7, 11) is 1.83. The van der Waals surface area contributed by atoms with Gasteiger partial charge in [0, 0.05) is 13.1 Å². The predicted octanol–water partition coefficient (Wildman–Crippen LogP) is 3.52. The Bertz CT molecular complexity index is 711. The van der Waals surface area contributed by atoms with Gasteiger partial charge < -0.3 is 14.7 Å². The lowest BCUT2D eigenvalue weighted by atomic mass is 9.94. The number of aromatic hydroxyl groups is 1. The molecule has 1 saturated heterocycles. The second kappa shape index (κ2) is 7.44. The van der Waals surface area contributed by atoms with Crippen molar-refractivity contribution in [3.63, 3.8) is 0 Å². The molecule has 1 N–H and O–H groups in total. The van der Waals surface area contributed by atoms with Crippen LogP contribution >= 0.6 is 12.2 Å². The van der Waals surface area contributed by atoms with E-state index in [9.17, 15) is 9.90 Å². The molecule has 2 aliphatic rings. The Hall–Kier alpha value is -2.08. The number of phenols is 1. The molecule has 6 heteroatoms. The summed E-state index contributed by atoms with van der Waals surface area (Å²) in [5, 5.41) is 10.4. The Balaban J connectivity index is 1.88. The smallest absolute Gasteiger partial charge is 0.277 e. The molecule has 1 saturated carbocycles. The number of rotatable bonds is 4. The van der Waals surface area contributed by atoms with Crippen LogP contribution in [-0.2, 0) is 4.79 Å². The van der Waals surface area contributed by atoms with E-state index in [1.54, 1.807) is 34.1 Å². The van der Waals surface area contributed by atoms with E-state index in [0.29, 0.717) is 23.2 Å². The fourth-order valence-corrected chi connectivity index (χ4v) is 3.82. The molecule has 1 amide bonds. The normalized spacial score (nSPS) is 20.6. The zero-order valence-electron chi connectivity index (χ0n) is 14.7. The Morgan fingerprint density at radius 1 is 1.32 bits per heavy atom. The van der Waals surface area contributed by atoms with Gasteiger partial charge in [-0.25, -0.2) is 0 Å². The van der Waals surface area contributed by atoms with Crippen molar-refractivity contribution in [3.8, 4) is 11.5 Å². The summed E-state index contributed by atoms with van der Waals surface area (Å²) < 4.78 is 5.42. The molecule has 0 radical (unpaired) electrons. The van der Waals surface area contributed by atoms with E-state index in [0.717, 1.165) is 31.2 Å². The molecule has 1 aromatic carbocycles. The molecular formula is C19H24N2O3S. The van der Waals surface area contributed by atoms with Crippen LogP contribution in [0.3, 0.4) is 0 Å². The molecule has 0 unspecified atom stereocenters. The van der Waals surface area contributed by atoms with Gasteiger partial charge in [-0.2, -0.15) is 0 Å². The van der Waals surface area contributed by atoms with Crippen LogP contribution < -0.4 is 4.74 Å². The van der Waals surface area contributed by atoms with Crippen LogP contribution in [0.2, 0.25) is 0 Å². The van der Waals surface area contributed by atoms with Gasteiger partial charge in [-0.15, -0.1) is 0 Å². The monoisotopic (exact) mass is 360 g/mol. The van der Waals surface area contributed by atoms with E-state index in [-0.39, 0.29) is 17.7 Å². The lowest BCUT2D eigenvalue weighted by Gasteiger charge is -2.30. The fourth-order valence-electron chi connectivity index (χ4n) is 3.49. The van der Waals surface area contributed by atoms with Crippen LogP contribution in [0.15, 0.2) is 23.9 Å². The maximum atomic E-state index is 13.0. The number of ether oxygens (including phenoxy) is 1. The van der Waals surface area contributed by atoms with Gasteiger partial charge in [0.15, 0.2) is 16.6 Å². The molecule has 134 valence electrons. The van der Waals surface area contributed by atoms with Crippen molar-refractivity contribution in [2.24, 2.45) is 0 Å². The zero-order valence-corrected chi connectivity index (χ0v) is 15.5. The number of amides is 1. The summed E-state index contributed by atoms with van der Waals surface area (Å²) in [4.78, 5) is 16.5. The number of phenolic OH excluding ortho intramolecular Hbond substituents is 1. The van der Waals surface area contributed by atoms with Crippen LogP contribution in [0, 0.1) is 0 Å². The SMILES string of the molecule is CCOc1cc(/C=C2/C(=O)N(C3CCCCC3)C(=S)N2C)ccc1O. The van der Waals surface area contributed by atoms with Gasteiger partial charge in [-0.3, -0.25) is 9.69 Å². The minimum atomic E-state index is -0.0366. The Labute approximate surface area is 153 Å². The number of carbonyl (C=O) groups excluding carboxylic acids is 1. The molecule has 1 aliphatic heterocycles. The van der Waals surface area contributed by atoms with Gasteiger partial charge >= 0.3 is 0 Å². The quantitative estimate of drug-likeness (QED) is 0.658. The first-order valence-electron chi connectivity index (χ1n) is 8.81. The first-order chi connectivity index (χ1) is 12.0. The van der Waals surface area contributed by atoms with Crippen molar-refractivity contribution in [1.29, 1.82) is 0 Å². The highest BCUT2D eigenvalue weighted by Gasteiger charge is 2.40. The van der Waals surface area contributed by atoms with Crippen molar-refractivity contribution < 1.29 is 14.6 Å². The summed E-state index contributed by atoms with van der Waals surface area (Å²) in [6, 6.07) is 5.28. The van der Waals surface area contributed by atoms with Crippen molar-refractivity contribution in [3.05, 3.63) is 29.5 Å². The first kappa shape index (κ1) is 17.7. The molecule has 3 rings (SSSR count). The lowest BCUT2D eigenvalue weighted by molar-refractivity contribution is -0.124. The van der Waals surface area contributed by atoms with E-state index < -0.39 is 0 Å². The highest BCUT2D eigenvalue weighted by Crippen LogP contribution is 2.32. The van der Waals surface area contributed by atoms with Crippen LogP contribution in [0.1, 0.15) is 44.6 Å². The number of hydrogen-bond acceptors (Lipinski definition) is 4. The molecule has 0 bridgehead atoms. The Morgan fingerprint density at radius 2 is 2.04 bits per heavy atom. The van der Waals surface area contributed by atoms with Crippen LogP contribution in [0.25, 0.3) is 6.08 Å². The molecule has 1 aromatic rings. The van der Waals surface area contributed by atoms with Gasteiger partial charge in [0.05, 0.1) is 6.61 Å². The third kappa shape index (κ3) is 3.49. The Morgan fingerprint density at radius 3 is 2.72 bits per heavy atom. The predicted molar refractivity (Wildman–Crippen MR) is 101 cm³/mol. The summed E-state index contributed by atoms with van der Waals surface area (Å²) in [5.74, 6) is 0.469. The molecule has 1 aliphatic carbocycles. The molecular weight excluding hydrogens is 336 g/mol. The van der Waals surface area contributed by atoms with Crippen LogP contribution in [-0.4, -0.2) is 45.6 Å². The summed E-state index contributed by atoms with van der Waals surface area (Å²) in [5.41, 5.74) is 1.36. The minimum absolute atomic E-state index is 0.0366. The second-order valence-corrected chi connectivity index (χ2v) is 6.86. The highest BCUT2D eigenvalue weighted by molar-refractivity contribution is 7.80. The van der Waals surface area contributed by atoms with E-state index in [4.69, 9.17) is 17.0 Å². The molecule has 0 spiro atoms. The number of hydrogen-bond donors (Lipinski definition) is 1. The average molecular weight is 360 g/mol. The molecule has 25 heavy (non-hydrogen) atoms. The summed E-state index contributed by atoms with van der Waals surface area (Å²) in [6.45, 7) is 2.32. The van der Waals surface area contributed by atoms with Crippen LogP contribution in [0.4, 0.5) is 0 Å². The average Bonchev–Trinajstić information content (AvgIpc) is 2.82. The molecule has 0 atom stereocenters. The summed E-state index contributed by atoms with van der Waals surface area (Å²) >= 11 is 5.53. The third-order valence-corrected chi connectivity index (χ3v) is 5.29. The Kier molecular flexibility index (Phi) is 5.27. The van der Waals surface area contributed by atoms with E-state index >= 15 is 0 Å². The van der Waals surface area contributed by atoms with Crippen molar-refractivity contribution >= 4 is 29.3 Å². The lowest BCUT2D eigenvalue weighted by Crippen LogP contribution is -2.41. The van der Waals surface area contributed by atoms with E-state index in [2.05, 4.69) is 0 Å². The van der Waals surface area contributed by atoms with Crippen LogP contribution in [0.5, 0.6) is 11.5 Å². The van der Waals surface area contributed by atoms with Gasteiger partial charge in [0.25, 0.3) is 5.91 Å². The van der Waals surface area contributed by atoms with Crippen molar-refractivity contribution in [1.82, 2.24) is 9.80 Å². The molecule has 0 aromatic heterocycles. The number of thiocarbonyl (C=S) groups is 1. The maximum Gasteiger partial charge on any atom is 0.277 e. The highest BCUT2D eigenvalue weighted by atomic mass is 32.1. The molecule has 1 heterocycles. The largest absolute Gasteiger partial charge is 0.504 e. The molecule has 5 nitrogen and oxygen atoms in total.